The summed E-state index contributed by atoms with van der Waals surface area (Å²) in [4.78, 5) is 74.9. The van der Waals surface area contributed by atoms with Gasteiger partial charge in [0.25, 0.3) is 15.7 Å². The molecular weight excluding hydrogens is 2180 g/mol. The van der Waals surface area contributed by atoms with Crippen molar-refractivity contribution in [1.29, 1.82) is 0 Å². The topological polar surface area (TPSA) is 604 Å². The normalized spacial score (nSPS) is 11.1. The summed E-state index contributed by atoms with van der Waals surface area (Å²) in [5.74, 6) is 1.30. The van der Waals surface area contributed by atoms with Crippen LogP contribution < -0.4 is 44.3 Å². The van der Waals surface area contributed by atoms with Crippen molar-refractivity contribution in [2.45, 2.75) is 118 Å². The van der Waals surface area contributed by atoms with Crippen LogP contribution >= 0.6 is 147 Å². The van der Waals surface area contributed by atoms with Crippen LogP contribution in [0, 0.1) is 50.6 Å². The number of aromatic amines is 1. The molecule has 2 aliphatic heterocycles. The first-order valence-corrected chi connectivity index (χ1v) is 45.2. The molecule has 2 aliphatic rings. The van der Waals surface area contributed by atoms with Gasteiger partial charge in [-0.1, -0.05) is 145 Å². The summed E-state index contributed by atoms with van der Waals surface area (Å²) in [6, 6.07) is 38.6. The van der Waals surface area contributed by atoms with Crippen LogP contribution in [0.4, 0.5) is 57.4 Å². The molecule has 0 bridgehead atoms. The lowest BCUT2D eigenvalue weighted by Crippen LogP contribution is -2.18. The second kappa shape index (κ2) is 57.2. The van der Waals surface area contributed by atoms with E-state index in [1.54, 1.807) is 14.0 Å². The maximum atomic E-state index is 12.0. The molecule has 0 atom stereocenters. The predicted molar refractivity (Wildman–Crippen MR) is 496 cm³/mol. The number of aryl methyl sites for hydroxylation is 3. The Balaban J connectivity index is 0. The number of hydrogen-bond acceptors (Lipinski definition) is 30. The zero-order valence-electron chi connectivity index (χ0n) is 63.9. The Labute approximate surface area is 776 Å². The van der Waals surface area contributed by atoms with Gasteiger partial charge < -0.3 is 48.5 Å². The minimum atomic E-state index is -3.51. The maximum absolute atomic E-state index is 12.0. The third kappa shape index (κ3) is 37.2. The minimum Gasteiger partial charge on any atom is -0.396 e. The molecular formula is C67H93Br7Cl3N23O20S2. The van der Waals surface area contributed by atoms with Crippen LogP contribution in [-0.4, -0.2) is 159 Å². The van der Waals surface area contributed by atoms with Gasteiger partial charge >= 0.3 is 34.0 Å². The van der Waals surface area contributed by atoms with Crippen molar-refractivity contribution in [3.63, 3.8) is 0 Å². The summed E-state index contributed by atoms with van der Waals surface area (Å²) < 4.78 is 57.4. The number of H-pyrrole nitrogens is 1. The molecule has 0 aliphatic carbocycles. The molecule has 8 heterocycles. The average Bonchev–Trinajstić information content (AvgIpc) is 1.59. The number of nitrogens with two attached hydrogens (primary N) is 3. The smallest absolute Gasteiger partial charge is 0.376 e. The molecule has 13 N–H and O–H groups in total. The van der Waals surface area contributed by atoms with E-state index in [-0.39, 0.29) is 130 Å². The molecule has 0 radical (unpaired) electrons. The van der Waals surface area contributed by atoms with E-state index in [1.807, 2.05) is 121 Å². The number of hydrogen-bond donors (Lipinski definition) is 10. The van der Waals surface area contributed by atoms with Crippen LogP contribution in [0.5, 0.6) is 0 Å². The fraction of sp³-hybridized carbons (Fsp3) is 0.373. The number of aromatic nitrogens is 12. The average molecular weight is 2270 g/mol. The van der Waals surface area contributed by atoms with E-state index in [0.717, 1.165) is 66.9 Å². The first-order chi connectivity index (χ1) is 56.4. The number of nitrogens with zero attached hydrogens (tertiary/aromatic N) is 16. The van der Waals surface area contributed by atoms with Crippen LogP contribution in [0.3, 0.4) is 0 Å². The third-order valence-electron chi connectivity index (χ3n) is 15.3. The summed E-state index contributed by atoms with van der Waals surface area (Å²) in [7, 11) is -2.21. The van der Waals surface area contributed by atoms with E-state index in [2.05, 4.69) is 168 Å². The highest BCUT2D eigenvalue weighted by atomic mass is 79.9. The standard InChI is InChI=1S/C14H17BrN4O5S.C13H15BrN4O3.C13H14N4O3.C7H9N.C6H7Br2N3O3.C6H10N4O.C3HBr2N3O2.C3H7BrO.CH3ClO2S.CH4.2ClH.2H2/c1-25(22,23)24-9-5-8-18-14(12(19(20)21)13(15)17-18)16-10-11-6-3-2-4-7-11;14-12-11(18(20)21)13(17(16-12)7-4-8-19)15-9-10-5-2-1-3-6-10;18-13-11(17(19)20)12(15-7-4-8-16(13)15)14-9-10-5-2-1-3-6-10;8-6-7-4-2-1-3-5-7;7-5-4(11(13)14)6(8)10(9-5)2-1-3-12;7-4-5(8)9-2-1-3-10(9)6(4)11;4-2-1(8(9)10)3(5)7-6-2;4-2-1-3-5;1-5(2,3)4;;;;;/h2-4,6-7,16H,5,8-10H2,1H3;1-3,5-6,15,19H,4,7-9H2;1-3,5-6,14H,4,7-9H2;1-5H,6,8H2;12H,1-3H2;1-3,7-8H2;(H,6,7);5H,1-3H2;1H3;1H4;4*1H/i;;;;;;;;;;;;2*1+1. The van der Waals surface area contributed by atoms with Gasteiger partial charge in [0.15, 0.2) is 9.21 Å². The summed E-state index contributed by atoms with van der Waals surface area (Å²) in [6.45, 7) is 6.03. The number of aliphatic hydroxyl groups is 3. The number of nitro groups is 5. The number of nitrogen functional groups attached to an aromatic ring is 2. The highest BCUT2D eigenvalue weighted by Crippen LogP contribution is 2.36. The van der Waals surface area contributed by atoms with Crippen molar-refractivity contribution in [2.75, 3.05) is 71.7 Å². The van der Waals surface area contributed by atoms with Crippen molar-refractivity contribution in [2.24, 2.45) is 5.73 Å². The fourth-order valence-corrected chi connectivity index (χ4v) is 14.3. The molecule has 0 saturated heterocycles. The van der Waals surface area contributed by atoms with Crippen molar-refractivity contribution in [3.8, 4) is 0 Å². The van der Waals surface area contributed by atoms with Gasteiger partial charge in [-0.05, 0) is 156 Å². The Bertz CT molecular complexity index is 5280. The molecule has 678 valence electrons. The molecule has 0 amide bonds. The lowest BCUT2D eigenvalue weighted by molar-refractivity contribution is -0.386. The lowest BCUT2D eigenvalue weighted by Gasteiger charge is -2.09. The monoisotopic (exact) mass is 2260 g/mol. The van der Waals surface area contributed by atoms with Crippen LogP contribution in [0.2, 0.25) is 0 Å². The Morgan fingerprint density at radius 3 is 1.17 bits per heavy atom. The quantitative estimate of drug-likeness (QED) is 0.00544. The molecule has 6 aromatic heterocycles. The number of aliphatic hydroxyl groups excluding tert-OH is 3. The first kappa shape index (κ1) is 112. The highest BCUT2D eigenvalue weighted by molar-refractivity contribution is 9.11. The summed E-state index contributed by atoms with van der Waals surface area (Å²) >= 11 is 21.3. The Morgan fingerprint density at radius 2 is 0.852 bits per heavy atom. The van der Waals surface area contributed by atoms with Gasteiger partial charge in [0.05, 0.1) is 43.7 Å². The number of nitrogens with one attached hydrogen (secondary N) is 4. The molecule has 10 aromatic rings. The van der Waals surface area contributed by atoms with Gasteiger partial charge in [-0.25, -0.2) is 27.1 Å². The second-order valence-corrected chi connectivity index (χ2v) is 34.1. The van der Waals surface area contributed by atoms with E-state index in [0.29, 0.717) is 100 Å². The van der Waals surface area contributed by atoms with E-state index < -0.39 is 49.3 Å². The predicted octanol–water partition coefficient (Wildman–Crippen LogP) is 13.5. The largest absolute Gasteiger partial charge is 0.396 e. The number of benzene rings is 4. The van der Waals surface area contributed by atoms with Crippen molar-refractivity contribution in [1.82, 2.24) is 58.3 Å². The molecule has 4 aromatic carbocycles. The zero-order chi connectivity index (χ0) is 88.7. The van der Waals surface area contributed by atoms with Crippen molar-refractivity contribution < 1.29 is 63.8 Å². The zero-order valence-corrected chi connectivity index (χ0v) is 79.1. The fourth-order valence-electron chi connectivity index (χ4n) is 10.1. The van der Waals surface area contributed by atoms with E-state index >= 15 is 0 Å². The molecule has 0 fully saturated rings. The second-order valence-electron chi connectivity index (χ2n) is 24.0. The SMILES string of the molecule is C.CS(=O)(=O)Cl.CS(=O)(=O)OCCCn1nc(Br)c([N+](=O)[O-])c1NCc1ccccc1.Cl.Cl.NCc1ccccc1.Nc1c(N)n2n(c1=O)CCC2.O=[N+]([O-])c1c(Br)n[nH]c1Br.O=[N+]([O-])c1c(Br)nn(CCCO)c1Br.O=[N+]([O-])c1c(Br)nn(CCCO)c1NCc1ccccc1.O=c1c([N+](=O)[O-])c(NCc2ccccc2)n2n1CCC2.OCCCBr.[2HH].[2HH]. The van der Waals surface area contributed by atoms with Gasteiger partial charge in [-0.2, -0.15) is 28.8 Å². The van der Waals surface area contributed by atoms with Gasteiger partial charge in [-0.15, -0.1) is 24.8 Å². The molecule has 122 heavy (non-hydrogen) atoms. The van der Waals surface area contributed by atoms with Gasteiger partial charge in [0.1, 0.15) is 11.5 Å². The van der Waals surface area contributed by atoms with Crippen LogP contribution in [0.15, 0.2) is 159 Å². The van der Waals surface area contributed by atoms with Crippen LogP contribution in [-0.2, 0) is 95.3 Å². The molecule has 0 spiro atoms. The maximum Gasteiger partial charge on any atom is 0.376 e. The number of alkyl halides is 1. The van der Waals surface area contributed by atoms with Crippen molar-refractivity contribution in [3.05, 3.63) is 242 Å². The van der Waals surface area contributed by atoms with Gasteiger partial charge in [-0.3, -0.25) is 83.5 Å². The third-order valence-corrected chi connectivity index (χ3v) is 20.0. The number of anilines is 5. The van der Waals surface area contributed by atoms with Crippen LogP contribution in [0.25, 0.3) is 0 Å². The number of rotatable bonds is 28. The van der Waals surface area contributed by atoms with Gasteiger partial charge in [0.2, 0.25) is 44.9 Å². The Hall–Kier alpha value is -8.33. The molecule has 0 unspecified atom stereocenters. The molecule has 55 heteroatoms. The van der Waals surface area contributed by atoms with E-state index in [1.165, 1.54) is 24.3 Å². The van der Waals surface area contributed by atoms with Crippen molar-refractivity contribution >= 4 is 224 Å². The lowest BCUT2D eigenvalue weighted by atomic mass is 10.2. The summed E-state index contributed by atoms with van der Waals surface area (Å²) in [5, 5.41) is 108. The highest BCUT2D eigenvalue weighted by Gasteiger charge is 2.33. The molecule has 0 saturated carbocycles. The Morgan fingerprint density at radius 1 is 0.508 bits per heavy atom. The first-order valence-electron chi connectivity index (χ1n) is 34.8. The summed E-state index contributed by atoms with van der Waals surface area (Å²) in [6.07, 6.45) is 5.87. The van der Waals surface area contributed by atoms with Crippen LogP contribution in [0.1, 0.15) is 71.1 Å². The number of halogens is 10. The Kier molecular flexibility index (Phi) is 52.4. The summed E-state index contributed by atoms with van der Waals surface area (Å²) in [5.41, 5.74) is 19.2. The van der Waals surface area contributed by atoms with Gasteiger partial charge in [0, 0.05) is 111 Å². The van der Waals surface area contributed by atoms with E-state index in [9.17, 15) is 77.0 Å². The number of fused-ring (bicyclic) bond motifs is 2. The molecule has 43 nitrogen and oxygen atoms in total. The minimum absolute atomic E-state index is 0. The molecule has 12 rings (SSSR count). The van der Waals surface area contributed by atoms with E-state index in [4.69, 9.17) is 32.5 Å².